The van der Waals surface area contributed by atoms with Gasteiger partial charge in [0.2, 0.25) is 0 Å². The number of benzene rings is 4. The number of Topliss-reactive ketones (excluding diaryl/α,β-unsaturated/α-hetero) is 2. The molecule has 1 saturated carbocycles. The van der Waals surface area contributed by atoms with Gasteiger partial charge in [-0.25, -0.2) is 0 Å². The lowest BCUT2D eigenvalue weighted by Crippen LogP contribution is -2.38. The maximum absolute atomic E-state index is 15.6. The van der Waals surface area contributed by atoms with E-state index in [2.05, 4.69) is 88.1 Å². The molecule has 6 aromatic rings. The molecule has 5 unspecified atom stereocenters. The molecule has 0 saturated heterocycles. The van der Waals surface area contributed by atoms with Crippen molar-refractivity contribution < 1.29 is 34.8 Å². The molecular formula is C61H67N3O7. The Bertz CT molecular complexity index is 2900. The number of carbonyl (C=O) groups is 2. The summed E-state index contributed by atoms with van der Waals surface area (Å²) in [6.45, 7) is 0.0181. The summed E-state index contributed by atoms with van der Waals surface area (Å²) in [5.41, 5.74) is 11.7. The van der Waals surface area contributed by atoms with Crippen molar-refractivity contribution in [2.45, 2.75) is 108 Å². The molecule has 3 aliphatic carbocycles. The molecule has 10 nitrogen and oxygen atoms in total. The summed E-state index contributed by atoms with van der Waals surface area (Å²) in [6, 6.07) is 30.5. The van der Waals surface area contributed by atoms with Crippen molar-refractivity contribution in [3.8, 4) is 17.2 Å². The Labute approximate surface area is 416 Å². The first-order valence-corrected chi connectivity index (χ1v) is 25.9. The van der Waals surface area contributed by atoms with Gasteiger partial charge in [0, 0.05) is 86.0 Å². The maximum atomic E-state index is 15.6. The first-order valence-electron chi connectivity index (χ1n) is 25.9. The molecule has 0 amide bonds. The van der Waals surface area contributed by atoms with Gasteiger partial charge in [0.05, 0.1) is 12.0 Å². The Morgan fingerprint density at radius 1 is 0.761 bits per heavy atom. The standard InChI is InChI=1S/C61H67N3O7/c65-28-25-52-56(68)22-17-41-31-46(59(69)57(33-41)71-48-10-4-5-11-48)30-40-16-20-49(44(37-66)19-13-38-7-2-1-3-8-38)45(29-40)34-43-23-26-63-61(43)64-36-47-35-54-51(24-27-62-54)53(58(47)60(52)70)32-39-14-18-42-9-6-12-55(67)50(42)21-15-39/h1-3,6-9,12,15-16,20-21,23-24,26-27,29,31,33,35,39,44,48,52-53,58,62-67,69H,4-5,10-11,13-14,17-19,22,25,28,30,32,34,36-37H2. The van der Waals surface area contributed by atoms with Crippen molar-refractivity contribution in [1.82, 2.24) is 9.97 Å². The molecule has 368 valence electrons. The van der Waals surface area contributed by atoms with Gasteiger partial charge in [-0.05, 0) is 157 Å². The topological polar surface area (TPSA) is 168 Å². The van der Waals surface area contributed by atoms with Crippen LogP contribution < -0.4 is 10.1 Å². The third-order valence-electron chi connectivity index (χ3n) is 15.9. The van der Waals surface area contributed by atoms with Gasteiger partial charge in [0.15, 0.2) is 17.3 Å². The summed E-state index contributed by atoms with van der Waals surface area (Å²) in [5, 5.41) is 48.0. The van der Waals surface area contributed by atoms with Gasteiger partial charge in [-0.1, -0.05) is 78.9 Å². The van der Waals surface area contributed by atoms with Crippen LogP contribution >= 0.6 is 0 Å². The zero-order chi connectivity index (χ0) is 48.8. The summed E-state index contributed by atoms with van der Waals surface area (Å²) < 4.78 is 6.53. The molecular weight excluding hydrogens is 887 g/mol. The Morgan fingerprint density at radius 3 is 2.42 bits per heavy atom. The summed E-state index contributed by atoms with van der Waals surface area (Å²) >= 11 is 0. The Hall–Kier alpha value is -6.62. The molecule has 7 N–H and O–H groups in total. The minimum Gasteiger partial charge on any atom is -0.507 e. The highest BCUT2D eigenvalue weighted by atomic mass is 16.5. The molecule has 4 aromatic carbocycles. The fraction of sp³-hybridized carbons (Fsp3) is 0.377. The normalized spacial score (nSPS) is 21.0. The van der Waals surface area contributed by atoms with Crippen LogP contribution in [0.1, 0.15) is 131 Å². The van der Waals surface area contributed by atoms with Gasteiger partial charge in [-0.15, -0.1) is 0 Å². The van der Waals surface area contributed by atoms with E-state index in [0.29, 0.717) is 43.5 Å². The highest BCUT2D eigenvalue weighted by Gasteiger charge is 2.42. The molecule has 4 bridgehead atoms. The molecule has 5 atom stereocenters. The highest BCUT2D eigenvalue weighted by Crippen LogP contribution is 2.46. The number of aromatic amines is 2. The number of hydrogen-bond donors (Lipinski definition) is 7. The lowest BCUT2D eigenvalue weighted by molar-refractivity contribution is -0.135. The number of fused-ring (bicyclic) bond motifs is 8. The average molecular weight is 954 g/mol. The van der Waals surface area contributed by atoms with Crippen LogP contribution in [0.25, 0.3) is 12.2 Å². The summed E-state index contributed by atoms with van der Waals surface area (Å²) in [5.74, 6) is -0.798. The Balaban J connectivity index is 1.05. The van der Waals surface area contributed by atoms with Crippen LogP contribution in [0, 0.1) is 17.8 Å². The third kappa shape index (κ3) is 10.7. The number of aromatic nitrogens is 2. The number of phenols is 2. The average Bonchev–Trinajstić information content (AvgIpc) is 4.16. The summed E-state index contributed by atoms with van der Waals surface area (Å²) in [6.07, 6.45) is 19.3. The van der Waals surface area contributed by atoms with E-state index in [0.717, 1.165) is 113 Å². The van der Waals surface area contributed by atoms with Crippen molar-refractivity contribution in [2.24, 2.45) is 17.8 Å². The summed E-state index contributed by atoms with van der Waals surface area (Å²) in [7, 11) is 0. The van der Waals surface area contributed by atoms with Crippen molar-refractivity contribution >= 4 is 29.5 Å². The zero-order valence-electron chi connectivity index (χ0n) is 40.5. The number of ketones is 2. The third-order valence-corrected chi connectivity index (χ3v) is 15.9. The molecule has 10 heteroatoms. The number of aliphatic hydroxyl groups is 2. The lowest BCUT2D eigenvalue weighted by atomic mass is 9.67. The number of aliphatic hydroxyl groups excluding tert-OH is 2. The molecule has 10 rings (SSSR count). The van der Waals surface area contributed by atoms with E-state index in [1.165, 1.54) is 5.56 Å². The van der Waals surface area contributed by atoms with E-state index in [-0.39, 0.29) is 73.0 Å². The van der Waals surface area contributed by atoms with Crippen LogP contribution in [-0.2, 0) is 41.7 Å². The van der Waals surface area contributed by atoms with Crippen LogP contribution in [0.15, 0.2) is 115 Å². The number of rotatable bonds is 11. The molecule has 4 aliphatic rings. The van der Waals surface area contributed by atoms with Crippen molar-refractivity contribution in [3.05, 3.63) is 176 Å². The van der Waals surface area contributed by atoms with Crippen molar-refractivity contribution in [1.29, 1.82) is 0 Å². The Morgan fingerprint density at radius 2 is 1.59 bits per heavy atom. The molecule has 0 radical (unpaired) electrons. The molecule has 71 heavy (non-hydrogen) atoms. The number of hydrogen-bond acceptors (Lipinski definition) is 8. The van der Waals surface area contributed by atoms with Crippen LogP contribution in [-0.4, -0.2) is 67.8 Å². The number of anilines is 1. The minimum atomic E-state index is -1.03. The summed E-state index contributed by atoms with van der Waals surface area (Å²) in [4.78, 5) is 37.2. The predicted molar refractivity (Wildman–Crippen MR) is 279 cm³/mol. The number of allylic oxidation sites excluding steroid dienone is 1. The van der Waals surface area contributed by atoms with Crippen LogP contribution in [0.4, 0.5) is 5.82 Å². The number of carbonyl (C=O) groups excluding carboxylic acids is 2. The van der Waals surface area contributed by atoms with E-state index in [9.17, 15) is 25.2 Å². The molecule has 1 aliphatic heterocycles. The van der Waals surface area contributed by atoms with E-state index < -0.39 is 11.8 Å². The fourth-order valence-electron chi connectivity index (χ4n) is 12.1. The fourth-order valence-corrected chi connectivity index (χ4v) is 12.1. The largest absolute Gasteiger partial charge is 0.507 e. The van der Waals surface area contributed by atoms with E-state index >= 15 is 4.79 Å². The van der Waals surface area contributed by atoms with Crippen LogP contribution in [0.2, 0.25) is 0 Å². The quantitative estimate of drug-likeness (QED) is 0.0630. The first kappa shape index (κ1) is 48.0. The monoisotopic (exact) mass is 953 g/mol. The van der Waals surface area contributed by atoms with Gasteiger partial charge in [-0.3, -0.25) is 9.59 Å². The second-order valence-electron chi connectivity index (χ2n) is 20.5. The van der Waals surface area contributed by atoms with E-state index in [1.807, 2.05) is 42.7 Å². The van der Waals surface area contributed by atoms with Gasteiger partial charge in [0.1, 0.15) is 17.4 Å². The van der Waals surface area contributed by atoms with E-state index in [4.69, 9.17) is 4.74 Å². The van der Waals surface area contributed by atoms with Gasteiger partial charge in [-0.2, -0.15) is 0 Å². The first-order chi connectivity index (χ1) is 34.7. The SMILES string of the molecule is O=C1CCc2cc(c(O)c(OC3CCCC3)c2)Cc2ccc(C(CO)CCc3ccccc3)c(c2)Cc2cc[nH]c2NCC2=Cc3[nH]ccc3C(CC3C=Cc4c(O)cccc4CC3)C2C(=O)C1CCO. The number of aromatic hydroxyl groups is 2. The molecule has 3 heterocycles. The van der Waals surface area contributed by atoms with Crippen LogP contribution in [0.3, 0.4) is 0 Å². The van der Waals surface area contributed by atoms with E-state index in [1.54, 1.807) is 6.07 Å². The highest BCUT2D eigenvalue weighted by molar-refractivity contribution is 6.05. The zero-order valence-corrected chi connectivity index (χ0v) is 40.5. The number of aryl methyl sites for hydroxylation is 3. The number of phenolic OH excluding ortho intramolecular Hbond substituents is 2. The second kappa shape index (κ2) is 21.8. The van der Waals surface area contributed by atoms with Crippen molar-refractivity contribution in [2.75, 3.05) is 25.1 Å². The number of ether oxygens (including phenoxy) is 1. The molecule has 0 spiro atoms. The molecule has 2 aromatic heterocycles. The smallest absolute Gasteiger partial charge is 0.161 e. The lowest BCUT2D eigenvalue weighted by Gasteiger charge is -2.36. The maximum Gasteiger partial charge on any atom is 0.161 e. The number of H-pyrrole nitrogens is 2. The Kier molecular flexibility index (Phi) is 14.7. The predicted octanol–water partition coefficient (Wildman–Crippen LogP) is 10.9. The number of nitrogens with one attached hydrogen (secondary N) is 3. The van der Waals surface area contributed by atoms with Crippen LogP contribution in [0.5, 0.6) is 17.2 Å². The van der Waals surface area contributed by atoms with Gasteiger partial charge >= 0.3 is 0 Å². The minimum absolute atomic E-state index is 0.00432. The van der Waals surface area contributed by atoms with Gasteiger partial charge < -0.3 is 40.4 Å². The van der Waals surface area contributed by atoms with Crippen molar-refractivity contribution in [3.63, 3.8) is 0 Å². The molecule has 1 fully saturated rings. The second-order valence-corrected chi connectivity index (χ2v) is 20.5. The van der Waals surface area contributed by atoms with Gasteiger partial charge in [0.25, 0.3) is 0 Å².